The van der Waals surface area contributed by atoms with Crippen LogP contribution in [0.1, 0.15) is 229 Å². The van der Waals surface area contributed by atoms with Crippen molar-refractivity contribution in [2.45, 2.75) is 189 Å². The van der Waals surface area contributed by atoms with Crippen molar-refractivity contribution in [2.24, 2.45) is 48.7 Å². The van der Waals surface area contributed by atoms with E-state index in [1.165, 1.54) is 143 Å². The largest absolute Gasteiger partial charge is 0.344 e. The quantitative estimate of drug-likeness (QED) is 0.153. The fraction of sp³-hybridized carbons (Fsp3) is 0.310. The predicted molar refractivity (Wildman–Crippen MR) is 526 cm³/mol. The molecule has 0 saturated heterocycles. The van der Waals surface area contributed by atoms with Crippen LogP contribution in [0.3, 0.4) is 0 Å². The third-order valence-electron chi connectivity index (χ3n) is 22.1. The number of aryl methyl sites for hydroxylation is 3. The van der Waals surface area contributed by atoms with Crippen LogP contribution in [0.25, 0.3) is 111 Å². The first-order chi connectivity index (χ1) is 56.3. The van der Waals surface area contributed by atoms with Gasteiger partial charge in [-0.2, -0.15) is 0 Å². The first-order valence-corrected chi connectivity index (χ1v) is 43.3. The summed E-state index contributed by atoms with van der Waals surface area (Å²) >= 11 is 0. The summed E-state index contributed by atoms with van der Waals surface area (Å²) < 4.78 is 6.76. The van der Waals surface area contributed by atoms with Gasteiger partial charge in [0.15, 0.2) is 0 Å². The molecule has 15 aromatic rings. The van der Waals surface area contributed by atoms with E-state index < -0.39 is 0 Å². The molecule has 0 bridgehead atoms. The normalized spacial score (nSPS) is 13.3. The maximum atomic E-state index is 3.33. The zero-order valence-corrected chi connectivity index (χ0v) is 77.1. The van der Waals surface area contributed by atoms with Gasteiger partial charge in [0, 0.05) is 119 Å². The van der Waals surface area contributed by atoms with Crippen molar-refractivity contribution in [1.29, 1.82) is 0 Å². The first-order valence-electron chi connectivity index (χ1n) is 43.3. The summed E-state index contributed by atoms with van der Waals surface area (Å²) in [6.07, 6.45) is 9.01. The summed E-state index contributed by atoms with van der Waals surface area (Å²) in [5.41, 5.74) is 30.2. The Morgan fingerprint density at radius 3 is 0.866 bits per heavy atom. The number of nitrogens with zero attached hydrogens (tertiary/aromatic N) is 3. The zero-order chi connectivity index (χ0) is 86.7. The van der Waals surface area contributed by atoms with E-state index in [2.05, 4.69) is 495 Å². The summed E-state index contributed by atoms with van der Waals surface area (Å²) in [5.74, 6) is 14.1. The molecule has 0 aliphatic heterocycles. The maximum Gasteiger partial charge on any atom is 0.0501 e. The fourth-order valence-corrected chi connectivity index (χ4v) is 16.1. The minimum absolute atomic E-state index is 0.0356. The Morgan fingerprint density at radius 1 is 0.269 bits per heavy atom. The van der Waals surface area contributed by atoms with Gasteiger partial charge >= 0.3 is 0 Å². The van der Waals surface area contributed by atoms with Gasteiger partial charge in [-0.05, 0) is 191 Å². The molecule has 0 fully saturated rings. The van der Waals surface area contributed by atoms with E-state index >= 15 is 0 Å². The molecule has 12 aromatic carbocycles. The number of benzene rings is 12. The monoisotopic (exact) mass is 1570 g/mol. The van der Waals surface area contributed by atoms with Crippen molar-refractivity contribution in [3.8, 4) is 57.1 Å². The molecule has 3 heteroatoms. The molecule has 0 saturated carbocycles. The lowest BCUT2D eigenvalue weighted by molar-refractivity contribution is 0.547. The van der Waals surface area contributed by atoms with E-state index in [0.29, 0.717) is 0 Å². The number of para-hydroxylation sites is 4. The van der Waals surface area contributed by atoms with Gasteiger partial charge in [-0.15, -0.1) is 0 Å². The van der Waals surface area contributed by atoms with Crippen LogP contribution in [0.4, 0.5) is 0 Å². The van der Waals surface area contributed by atoms with Gasteiger partial charge in [0.05, 0.1) is 5.52 Å². The van der Waals surface area contributed by atoms with Gasteiger partial charge in [-0.25, -0.2) is 0 Å². The van der Waals surface area contributed by atoms with Gasteiger partial charge in [0.2, 0.25) is 0 Å². The standard InChI is InChI=1S/C21H24.C21H22.C19H21N.C19H19N.C15H14.C13H11N.C4H10.2C2H6/c2*1-20(2,3)13-12-15-10-11-17-16-8-6-7-9-18(16)21(4,5)19(17)14-15;2*1-19(2,3)12-11-14-9-10-16-15-7-5-6-8-17(15)20(4)18(16)13-14;1-15(2)13-9-5-3-7-11(13)12-8-4-6-10-14(12)15;1-14-12-8-4-2-6-10(12)11-7-3-5-9-13(11)14;1-4(2)3;2*1-2/h6-14H,1-5H3;6-11,14H,1-5H3;5-13H,1-4H3;5-10,13H,1-4H3;3-10H,1-2H3;2-9H,1H3;4H,1-3H3;2*1-2H3/b13-12+;;12-11+;;;;;;. The SMILES string of the molecule is CC.CC.CC(C)(C)/C=C/c1ccc2c(c1)C(C)(C)c1ccccc1-2.CC(C)(C)C#Cc1ccc2c(c1)C(C)(C)c1ccccc1-2.CC(C)C.CC1(C)c2ccccc2-c2ccccc21.Cn1c2ccccc2c2ccc(/C=C/C(C)(C)C)cc21.Cn1c2ccccc2c2ccc(C#CC(C)(C)C)cc21.Cn1c2ccccc2c2ccccc21. The summed E-state index contributed by atoms with van der Waals surface area (Å²) in [4.78, 5) is 0. The molecule has 3 heterocycles. The number of hydrogen-bond acceptors (Lipinski definition) is 0. The van der Waals surface area contributed by atoms with Gasteiger partial charge in [0.25, 0.3) is 0 Å². The van der Waals surface area contributed by atoms with Gasteiger partial charge < -0.3 is 13.7 Å². The number of rotatable bonds is 2. The molecular formula is C116H133N3. The van der Waals surface area contributed by atoms with E-state index in [0.717, 1.165) is 17.0 Å². The van der Waals surface area contributed by atoms with Crippen molar-refractivity contribution in [3.05, 3.63) is 335 Å². The van der Waals surface area contributed by atoms with Crippen LogP contribution in [0, 0.1) is 51.3 Å². The highest BCUT2D eigenvalue weighted by molar-refractivity contribution is 6.10. The second kappa shape index (κ2) is 37.3. The maximum absolute atomic E-state index is 3.33. The summed E-state index contributed by atoms with van der Waals surface area (Å²) in [7, 11) is 6.37. The summed E-state index contributed by atoms with van der Waals surface area (Å²) in [6, 6.07) is 95.8. The Morgan fingerprint density at radius 2 is 0.513 bits per heavy atom. The third-order valence-corrected chi connectivity index (χ3v) is 22.1. The molecule has 0 unspecified atom stereocenters. The Kier molecular flexibility index (Phi) is 28.2. The highest BCUT2D eigenvalue weighted by atomic mass is 14.9. The molecule has 3 nitrogen and oxygen atoms in total. The van der Waals surface area contributed by atoms with Crippen molar-refractivity contribution < 1.29 is 0 Å². The second-order valence-electron chi connectivity index (χ2n) is 38.0. The molecule has 0 amide bonds. The van der Waals surface area contributed by atoms with E-state index in [9.17, 15) is 0 Å². The van der Waals surface area contributed by atoms with Crippen LogP contribution in [-0.2, 0) is 37.4 Å². The average molecular weight is 1570 g/mol. The minimum Gasteiger partial charge on any atom is -0.344 e. The Bertz CT molecular complexity index is 6150. The fourth-order valence-electron chi connectivity index (χ4n) is 16.1. The van der Waals surface area contributed by atoms with Crippen LogP contribution in [0.15, 0.2) is 279 Å². The molecular weight excluding hydrogens is 1440 g/mol. The Labute approximate surface area is 716 Å². The number of aromatic nitrogens is 3. The first kappa shape index (κ1) is 90.0. The molecule has 0 atom stereocenters. The summed E-state index contributed by atoms with van der Waals surface area (Å²) in [5, 5.41) is 7.94. The topological polar surface area (TPSA) is 14.8 Å². The van der Waals surface area contributed by atoms with Crippen LogP contribution in [0.5, 0.6) is 0 Å². The van der Waals surface area contributed by atoms with Crippen LogP contribution >= 0.6 is 0 Å². The molecule has 3 aliphatic rings. The van der Waals surface area contributed by atoms with E-state index in [4.69, 9.17) is 0 Å². The zero-order valence-electron chi connectivity index (χ0n) is 77.1. The van der Waals surface area contributed by atoms with Crippen molar-refractivity contribution in [1.82, 2.24) is 13.7 Å². The highest BCUT2D eigenvalue weighted by Crippen LogP contribution is 2.51. The van der Waals surface area contributed by atoms with Gasteiger partial charge in [0.1, 0.15) is 0 Å². The van der Waals surface area contributed by atoms with Crippen molar-refractivity contribution in [2.75, 3.05) is 0 Å². The van der Waals surface area contributed by atoms with Crippen LogP contribution in [-0.4, -0.2) is 13.7 Å². The highest BCUT2D eigenvalue weighted by Gasteiger charge is 2.37. The van der Waals surface area contributed by atoms with E-state index in [-0.39, 0.29) is 37.9 Å². The Hall–Kier alpha value is -11.4. The Balaban J connectivity index is 0.000000148. The molecule has 0 radical (unpaired) electrons. The van der Waals surface area contributed by atoms with Crippen molar-refractivity contribution in [3.63, 3.8) is 0 Å². The molecule has 119 heavy (non-hydrogen) atoms. The minimum atomic E-state index is 0.0356. The van der Waals surface area contributed by atoms with Crippen LogP contribution < -0.4 is 0 Å². The van der Waals surface area contributed by atoms with Crippen LogP contribution in [0.2, 0.25) is 0 Å². The van der Waals surface area contributed by atoms with Crippen molar-refractivity contribution >= 4 is 77.6 Å². The molecule has 18 rings (SSSR count). The number of allylic oxidation sites excluding steroid dienone is 2. The predicted octanol–water partition coefficient (Wildman–Crippen LogP) is 32.6. The molecule has 0 N–H and O–H groups in total. The molecule has 0 spiro atoms. The lowest BCUT2D eigenvalue weighted by Gasteiger charge is -2.21. The van der Waals surface area contributed by atoms with Gasteiger partial charge in [-0.3, -0.25) is 0 Å². The average Bonchev–Trinajstić information content (AvgIpc) is 1.59. The lowest BCUT2D eigenvalue weighted by atomic mass is 9.82. The smallest absolute Gasteiger partial charge is 0.0501 e. The van der Waals surface area contributed by atoms with Gasteiger partial charge in [-0.1, -0.05) is 392 Å². The third kappa shape index (κ3) is 20.9. The second-order valence-corrected chi connectivity index (χ2v) is 38.0. The van der Waals surface area contributed by atoms with E-state index in [1.807, 2.05) is 27.7 Å². The summed E-state index contributed by atoms with van der Waals surface area (Å²) in [6.45, 7) is 54.6. The molecule has 3 aromatic heterocycles. The number of hydrogen-bond donors (Lipinski definition) is 0. The van der Waals surface area contributed by atoms with E-state index in [1.54, 1.807) is 0 Å². The molecule has 612 valence electrons. The number of fused-ring (bicyclic) bond motifs is 18. The molecule has 3 aliphatic carbocycles. The lowest BCUT2D eigenvalue weighted by Crippen LogP contribution is -2.15.